The van der Waals surface area contributed by atoms with Gasteiger partial charge in [0.1, 0.15) is 11.3 Å². The Morgan fingerprint density at radius 3 is 2.45 bits per heavy atom. The SMILES string of the molecule is C=CCN1C(=O)[C@]2(O[C@H](CC(=O)N3CCC[C@H]3CO)[C@@H]([Si](C)(C)c3ccc(OC)cc3)[C@@H]2C)c2cc(N3CN(c4ccccc4)C4(CCNCC4)C3=O)ccc21. The summed E-state index contributed by atoms with van der Waals surface area (Å²) in [6, 6.07) is 24.1. The molecule has 3 aromatic carbocycles. The number of para-hydroxylation sites is 1. The van der Waals surface area contributed by atoms with E-state index in [0.717, 1.165) is 54.3 Å². The zero-order valence-electron chi connectivity index (χ0n) is 33.1. The number of likely N-dealkylation sites (tertiary alicyclic amines) is 1. The number of aliphatic hydroxyl groups excluding tert-OH is 1. The number of benzene rings is 3. The number of nitrogens with one attached hydrogen (secondary N) is 1. The summed E-state index contributed by atoms with van der Waals surface area (Å²) in [4.78, 5) is 51.8. The highest BCUT2D eigenvalue weighted by Crippen LogP contribution is 2.60. The van der Waals surface area contributed by atoms with Crippen molar-refractivity contribution in [2.75, 3.05) is 61.3 Å². The number of hydrogen-bond acceptors (Lipinski definition) is 8. The van der Waals surface area contributed by atoms with Gasteiger partial charge in [0.15, 0.2) is 5.60 Å². The molecule has 3 amide bonds. The van der Waals surface area contributed by atoms with Gasteiger partial charge in [-0.05, 0) is 86.8 Å². The molecule has 5 aliphatic rings. The average Bonchev–Trinajstić information content (AvgIpc) is 3.95. The smallest absolute Gasteiger partial charge is 0.264 e. The van der Waals surface area contributed by atoms with Gasteiger partial charge in [-0.25, -0.2) is 0 Å². The van der Waals surface area contributed by atoms with Crippen LogP contribution >= 0.6 is 0 Å². The van der Waals surface area contributed by atoms with Crippen LogP contribution in [0.4, 0.5) is 17.1 Å². The van der Waals surface area contributed by atoms with Gasteiger partial charge in [-0.1, -0.05) is 61.6 Å². The molecule has 5 heterocycles. The van der Waals surface area contributed by atoms with E-state index in [4.69, 9.17) is 9.47 Å². The molecule has 4 saturated heterocycles. The molecule has 2 N–H and O–H groups in total. The van der Waals surface area contributed by atoms with Crippen molar-refractivity contribution in [1.82, 2.24) is 10.2 Å². The molecule has 0 bridgehead atoms. The molecule has 0 aromatic heterocycles. The molecular weight excluding hydrogens is 723 g/mol. The Labute approximate surface area is 331 Å². The molecule has 0 aliphatic carbocycles. The quantitative estimate of drug-likeness (QED) is 0.224. The second-order valence-corrected chi connectivity index (χ2v) is 21.4. The predicted molar refractivity (Wildman–Crippen MR) is 221 cm³/mol. The number of ether oxygens (including phenoxy) is 2. The summed E-state index contributed by atoms with van der Waals surface area (Å²) >= 11 is 0. The lowest BCUT2D eigenvalue weighted by Gasteiger charge is -2.39. The lowest BCUT2D eigenvalue weighted by atomic mass is 9.82. The Balaban J connectivity index is 1.23. The largest absolute Gasteiger partial charge is 0.497 e. The normalized spacial score (nSPS) is 27.2. The van der Waals surface area contributed by atoms with E-state index < -0.39 is 25.3 Å². The summed E-state index contributed by atoms with van der Waals surface area (Å²) < 4.78 is 12.8. The van der Waals surface area contributed by atoms with Crippen LogP contribution in [-0.4, -0.2) is 100 Å². The van der Waals surface area contributed by atoms with Crippen LogP contribution in [-0.2, 0) is 24.7 Å². The number of nitrogens with zero attached hydrogens (tertiary/aromatic N) is 4. The molecule has 5 atom stereocenters. The van der Waals surface area contributed by atoms with Crippen LogP contribution in [0, 0.1) is 5.92 Å². The van der Waals surface area contributed by atoms with Crippen molar-refractivity contribution in [3.63, 3.8) is 0 Å². The van der Waals surface area contributed by atoms with E-state index >= 15 is 4.79 Å². The van der Waals surface area contributed by atoms with E-state index in [0.29, 0.717) is 32.6 Å². The van der Waals surface area contributed by atoms with Gasteiger partial charge in [-0.15, -0.1) is 6.58 Å². The first-order chi connectivity index (χ1) is 27.0. The van der Waals surface area contributed by atoms with Crippen LogP contribution in [0.2, 0.25) is 18.6 Å². The van der Waals surface area contributed by atoms with Crippen molar-refractivity contribution in [2.45, 2.75) is 80.9 Å². The molecule has 8 rings (SSSR count). The van der Waals surface area contributed by atoms with E-state index in [9.17, 15) is 14.7 Å². The van der Waals surface area contributed by atoms with Crippen LogP contribution in [0.5, 0.6) is 5.75 Å². The number of piperidine rings is 1. The van der Waals surface area contributed by atoms with Gasteiger partial charge in [0.05, 0.1) is 52.7 Å². The highest BCUT2D eigenvalue weighted by molar-refractivity contribution is 6.91. The van der Waals surface area contributed by atoms with Gasteiger partial charge in [-0.2, -0.15) is 0 Å². The third kappa shape index (κ3) is 5.90. The van der Waals surface area contributed by atoms with Crippen molar-refractivity contribution in [1.29, 1.82) is 0 Å². The van der Waals surface area contributed by atoms with Crippen molar-refractivity contribution in [2.24, 2.45) is 5.92 Å². The lowest BCUT2D eigenvalue weighted by Crippen LogP contribution is -2.55. The molecule has 296 valence electrons. The minimum absolute atomic E-state index is 0.0568. The highest BCUT2D eigenvalue weighted by atomic mass is 28.3. The third-order valence-electron chi connectivity index (χ3n) is 13.7. The van der Waals surface area contributed by atoms with Crippen molar-refractivity contribution >= 4 is 48.0 Å². The molecule has 5 aliphatic heterocycles. The summed E-state index contributed by atoms with van der Waals surface area (Å²) in [5.74, 6) is 0.280. The first-order valence-electron chi connectivity index (χ1n) is 20.2. The monoisotopic (exact) mass is 777 g/mol. The summed E-state index contributed by atoms with van der Waals surface area (Å²) in [6.45, 7) is 13.4. The second-order valence-electron chi connectivity index (χ2n) is 16.8. The first-order valence-corrected chi connectivity index (χ1v) is 23.2. The molecule has 0 unspecified atom stereocenters. The number of anilines is 3. The maximum absolute atomic E-state index is 15.2. The van der Waals surface area contributed by atoms with Crippen LogP contribution in [0.15, 0.2) is 85.5 Å². The molecule has 56 heavy (non-hydrogen) atoms. The summed E-state index contributed by atoms with van der Waals surface area (Å²) in [5, 5.41) is 14.8. The van der Waals surface area contributed by atoms with Crippen molar-refractivity contribution in [3.8, 4) is 5.75 Å². The summed E-state index contributed by atoms with van der Waals surface area (Å²) in [6.07, 6.45) is 4.26. The van der Waals surface area contributed by atoms with Crippen molar-refractivity contribution in [3.05, 3.63) is 91.0 Å². The number of rotatable bonds is 10. The topological polar surface area (TPSA) is 115 Å². The number of carbonyl (C=O) groups is 3. The third-order valence-corrected chi connectivity index (χ3v) is 18.0. The van der Waals surface area contributed by atoms with Crippen LogP contribution in [0.1, 0.15) is 44.6 Å². The van der Waals surface area contributed by atoms with Gasteiger partial charge >= 0.3 is 0 Å². The van der Waals surface area contributed by atoms with Gasteiger partial charge < -0.3 is 34.6 Å². The number of aliphatic hydroxyl groups is 1. The van der Waals surface area contributed by atoms with Gasteiger partial charge in [0.2, 0.25) is 5.91 Å². The molecule has 2 spiro atoms. The Hall–Kier alpha value is -4.49. The molecule has 3 aromatic rings. The predicted octanol–water partition coefficient (Wildman–Crippen LogP) is 4.75. The van der Waals surface area contributed by atoms with Gasteiger partial charge in [0, 0.05) is 35.9 Å². The summed E-state index contributed by atoms with van der Waals surface area (Å²) in [5.41, 5.74) is 0.981. The Kier molecular flexibility index (Phi) is 10.1. The number of methoxy groups -OCH3 is 1. The van der Waals surface area contributed by atoms with Crippen LogP contribution in [0.25, 0.3) is 0 Å². The van der Waals surface area contributed by atoms with Crippen LogP contribution < -0.4 is 29.9 Å². The fourth-order valence-corrected chi connectivity index (χ4v) is 14.8. The lowest BCUT2D eigenvalue weighted by molar-refractivity contribution is -0.149. The average molecular weight is 778 g/mol. The maximum atomic E-state index is 15.2. The van der Waals surface area contributed by atoms with E-state index in [1.54, 1.807) is 23.0 Å². The molecule has 0 radical (unpaired) electrons. The molecule has 4 fully saturated rings. The second kappa shape index (κ2) is 14.8. The minimum atomic E-state index is -2.52. The number of fused-ring (bicyclic) bond motifs is 2. The first kappa shape index (κ1) is 38.4. The fourth-order valence-electron chi connectivity index (χ4n) is 10.8. The van der Waals surface area contributed by atoms with E-state index in [1.807, 2.05) is 53.4 Å². The minimum Gasteiger partial charge on any atom is -0.497 e. The fraction of sp³-hybridized carbons (Fsp3) is 0.477. The van der Waals surface area contributed by atoms with E-state index in [2.05, 4.69) is 61.1 Å². The summed E-state index contributed by atoms with van der Waals surface area (Å²) in [7, 11) is -0.863. The maximum Gasteiger partial charge on any atom is 0.264 e. The number of carbonyl (C=O) groups excluding carboxylic acids is 3. The molecule has 11 nitrogen and oxygen atoms in total. The van der Waals surface area contributed by atoms with E-state index in [1.165, 1.54) is 5.19 Å². The number of hydrogen-bond donors (Lipinski definition) is 2. The molecular formula is C44H55N5O6Si. The van der Waals surface area contributed by atoms with Crippen molar-refractivity contribution < 1.29 is 29.0 Å². The Bertz CT molecular complexity index is 1990. The molecule has 12 heteroatoms. The highest BCUT2D eigenvalue weighted by Gasteiger charge is 2.67. The zero-order valence-corrected chi connectivity index (χ0v) is 34.1. The number of amides is 3. The Morgan fingerprint density at radius 2 is 1.77 bits per heavy atom. The Morgan fingerprint density at radius 1 is 1.04 bits per heavy atom. The standard InChI is InChI=1S/C44H55N5O6Si/c1-6-24-47-37-19-14-32(48-29-49(31-11-8-7-9-12-31)43(41(48)52)20-22-45-23-21-43)26-36(37)44(42(47)53)30(2)40(56(4,5)35-17-15-34(54-3)16-18-35)38(55-44)27-39(51)46-25-10-13-33(46)28-50/h6-9,11-12,14-19,26,30,33,38,40,45,50H,1,10,13,20-25,27-29H2,2-5H3/t30-,33-,38+,40-,44+/m0/s1. The zero-order chi connectivity index (χ0) is 39.4. The van der Waals surface area contributed by atoms with Gasteiger partial charge in [0.25, 0.3) is 11.8 Å². The van der Waals surface area contributed by atoms with Crippen LogP contribution in [0.3, 0.4) is 0 Å². The molecule has 0 saturated carbocycles. The van der Waals surface area contributed by atoms with Gasteiger partial charge in [-0.3, -0.25) is 19.3 Å². The van der Waals surface area contributed by atoms with E-state index in [-0.39, 0.29) is 48.3 Å².